The number of aromatic carboxylic acids is 1. The number of benzene rings is 2. The van der Waals surface area contributed by atoms with E-state index < -0.39 is 5.97 Å². The van der Waals surface area contributed by atoms with Crippen LogP contribution in [0.25, 0.3) is 11.1 Å². The molecule has 5 nitrogen and oxygen atoms in total. The van der Waals surface area contributed by atoms with Crippen LogP contribution in [0, 0.1) is 0 Å². The SMILES string of the molecule is CNC(=O)c1cccc(-c2cc(OC)cc(C(=O)O)c2)c1. The average molecular weight is 285 g/mol. The fourth-order valence-electron chi connectivity index (χ4n) is 1.99. The summed E-state index contributed by atoms with van der Waals surface area (Å²) in [6.07, 6.45) is 0. The summed E-state index contributed by atoms with van der Waals surface area (Å²) in [4.78, 5) is 22.8. The van der Waals surface area contributed by atoms with Gasteiger partial charge in [-0.1, -0.05) is 12.1 Å². The van der Waals surface area contributed by atoms with Crippen LogP contribution >= 0.6 is 0 Å². The molecule has 0 atom stereocenters. The third-order valence-electron chi connectivity index (χ3n) is 3.07. The molecule has 0 fully saturated rings. The first kappa shape index (κ1) is 14.6. The van der Waals surface area contributed by atoms with Crippen LogP contribution in [0.3, 0.4) is 0 Å². The van der Waals surface area contributed by atoms with Crippen LogP contribution in [0.2, 0.25) is 0 Å². The van der Waals surface area contributed by atoms with E-state index in [4.69, 9.17) is 9.84 Å². The second-order valence-corrected chi connectivity index (χ2v) is 4.42. The van der Waals surface area contributed by atoms with E-state index in [0.29, 0.717) is 16.9 Å². The maximum absolute atomic E-state index is 11.7. The largest absolute Gasteiger partial charge is 0.497 e. The molecule has 1 amide bonds. The first-order valence-electron chi connectivity index (χ1n) is 6.30. The molecule has 0 saturated carbocycles. The number of methoxy groups -OCH3 is 1. The van der Waals surface area contributed by atoms with Gasteiger partial charge in [0, 0.05) is 12.6 Å². The van der Waals surface area contributed by atoms with E-state index in [1.165, 1.54) is 13.2 Å². The molecule has 2 rings (SSSR count). The zero-order chi connectivity index (χ0) is 15.4. The quantitative estimate of drug-likeness (QED) is 0.904. The molecule has 2 N–H and O–H groups in total. The van der Waals surface area contributed by atoms with Gasteiger partial charge in [0.25, 0.3) is 5.91 Å². The molecule has 0 saturated heterocycles. The molecule has 0 spiro atoms. The summed E-state index contributed by atoms with van der Waals surface area (Å²) in [6.45, 7) is 0. The standard InChI is InChI=1S/C16H15NO4/c1-17-15(18)11-5-3-4-10(6-11)12-7-13(16(19)20)9-14(8-12)21-2/h3-9H,1-2H3,(H,17,18)(H,19,20). The van der Waals surface area contributed by atoms with Crippen LogP contribution in [-0.4, -0.2) is 31.1 Å². The molecule has 0 heterocycles. The van der Waals surface area contributed by atoms with E-state index in [0.717, 1.165) is 5.56 Å². The van der Waals surface area contributed by atoms with Crippen LogP contribution in [0.15, 0.2) is 42.5 Å². The summed E-state index contributed by atoms with van der Waals surface area (Å²) >= 11 is 0. The van der Waals surface area contributed by atoms with Gasteiger partial charge in [0.1, 0.15) is 5.75 Å². The van der Waals surface area contributed by atoms with Crippen LogP contribution in [-0.2, 0) is 0 Å². The van der Waals surface area contributed by atoms with E-state index in [1.807, 2.05) is 6.07 Å². The number of hydrogen-bond acceptors (Lipinski definition) is 3. The lowest BCUT2D eigenvalue weighted by Gasteiger charge is -2.08. The number of ether oxygens (including phenoxy) is 1. The Balaban J connectivity index is 2.53. The van der Waals surface area contributed by atoms with Crippen molar-refractivity contribution in [2.24, 2.45) is 0 Å². The van der Waals surface area contributed by atoms with Crippen LogP contribution in [0.4, 0.5) is 0 Å². The second kappa shape index (κ2) is 6.09. The van der Waals surface area contributed by atoms with Gasteiger partial charge in [0.15, 0.2) is 0 Å². The minimum atomic E-state index is -1.03. The zero-order valence-corrected chi connectivity index (χ0v) is 11.7. The lowest BCUT2D eigenvalue weighted by Crippen LogP contribution is -2.17. The smallest absolute Gasteiger partial charge is 0.335 e. The molecule has 2 aromatic carbocycles. The van der Waals surface area contributed by atoms with Crippen molar-refractivity contribution >= 4 is 11.9 Å². The van der Waals surface area contributed by atoms with Gasteiger partial charge >= 0.3 is 5.97 Å². The van der Waals surface area contributed by atoms with Crippen molar-refractivity contribution in [2.45, 2.75) is 0 Å². The molecular formula is C16H15NO4. The lowest BCUT2D eigenvalue weighted by molar-refractivity contribution is 0.0696. The summed E-state index contributed by atoms with van der Waals surface area (Å²) in [7, 11) is 3.04. The topological polar surface area (TPSA) is 75.6 Å². The molecule has 0 aromatic heterocycles. The number of nitrogens with one attached hydrogen (secondary N) is 1. The molecule has 0 bridgehead atoms. The first-order chi connectivity index (χ1) is 10.0. The van der Waals surface area contributed by atoms with E-state index >= 15 is 0 Å². The highest BCUT2D eigenvalue weighted by molar-refractivity contribution is 5.95. The molecule has 5 heteroatoms. The number of rotatable bonds is 4. The average Bonchev–Trinajstić information content (AvgIpc) is 2.53. The Hall–Kier alpha value is -2.82. The number of hydrogen-bond donors (Lipinski definition) is 2. The zero-order valence-electron chi connectivity index (χ0n) is 11.7. The van der Waals surface area contributed by atoms with Crippen LogP contribution in [0.1, 0.15) is 20.7 Å². The van der Waals surface area contributed by atoms with Gasteiger partial charge in [0.2, 0.25) is 0 Å². The van der Waals surface area contributed by atoms with E-state index in [-0.39, 0.29) is 11.5 Å². The Labute approximate surface area is 122 Å². The van der Waals surface area contributed by atoms with Crippen molar-refractivity contribution < 1.29 is 19.4 Å². The summed E-state index contributed by atoms with van der Waals surface area (Å²) < 4.78 is 5.12. The van der Waals surface area contributed by atoms with Crippen molar-refractivity contribution in [3.8, 4) is 16.9 Å². The first-order valence-corrected chi connectivity index (χ1v) is 6.30. The Morgan fingerprint density at radius 1 is 1.05 bits per heavy atom. The van der Waals surface area contributed by atoms with Gasteiger partial charge < -0.3 is 15.2 Å². The number of carboxylic acid groups (broad SMARTS) is 1. The predicted molar refractivity (Wildman–Crippen MR) is 78.8 cm³/mol. The van der Waals surface area contributed by atoms with E-state index in [9.17, 15) is 9.59 Å². The fraction of sp³-hybridized carbons (Fsp3) is 0.125. The van der Waals surface area contributed by atoms with Gasteiger partial charge in [-0.2, -0.15) is 0 Å². The monoisotopic (exact) mass is 285 g/mol. The van der Waals surface area contributed by atoms with Gasteiger partial charge in [-0.3, -0.25) is 4.79 Å². The molecular weight excluding hydrogens is 270 g/mol. The Morgan fingerprint density at radius 3 is 2.38 bits per heavy atom. The third kappa shape index (κ3) is 3.20. The Kier molecular flexibility index (Phi) is 4.23. The van der Waals surface area contributed by atoms with Crippen LogP contribution in [0.5, 0.6) is 5.75 Å². The van der Waals surface area contributed by atoms with E-state index in [1.54, 1.807) is 37.4 Å². The maximum Gasteiger partial charge on any atom is 0.335 e. The molecule has 21 heavy (non-hydrogen) atoms. The minimum absolute atomic E-state index is 0.134. The molecule has 0 unspecified atom stereocenters. The highest BCUT2D eigenvalue weighted by atomic mass is 16.5. The van der Waals surface area contributed by atoms with Crippen LogP contribution < -0.4 is 10.1 Å². The number of carboxylic acids is 1. The van der Waals surface area contributed by atoms with Crippen molar-refractivity contribution in [2.75, 3.05) is 14.2 Å². The summed E-state index contributed by atoms with van der Waals surface area (Å²) in [5.41, 5.74) is 2.07. The van der Waals surface area contributed by atoms with Crippen molar-refractivity contribution in [3.63, 3.8) is 0 Å². The summed E-state index contributed by atoms with van der Waals surface area (Å²) in [5, 5.41) is 11.7. The highest BCUT2D eigenvalue weighted by Gasteiger charge is 2.10. The van der Waals surface area contributed by atoms with E-state index in [2.05, 4.69) is 5.32 Å². The summed E-state index contributed by atoms with van der Waals surface area (Å²) in [6, 6.07) is 11.7. The Bertz CT molecular complexity index is 694. The fourth-order valence-corrected chi connectivity index (χ4v) is 1.99. The third-order valence-corrected chi connectivity index (χ3v) is 3.07. The molecule has 0 aliphatic heterocycles. The number of carbonyl (C=O) groups excluding carboxylic acids is 1. The second-order valence-electron chi connectivity index (χ2n) is 4.42. The van der Waals surface area contributed by atoms with Gasteiger partial charge in [-0.25, -0.2) is 4.79 Å². The molecule has 0 aliphatic rings. The maximum atomic E-state index is 11.7. The minimum Gasteiger partial charge on any atom is -0.497 e. The molecule has 2 aromatic rings. The molecule has 108 valence electrons. The normalized spacial score (nSPS) is 10.0. The number of amides is 1. The number of carbonyl (C=O) groups is 2. The van der Waals surface area contributed by atoms with Crippen molar-refractivity contribution in [1.29, 1.82) is 0 Å². The van der Waals surface area contributed by atoms with Gasteiger partial charge in [0.05, 0.1) is 12.7 Å². The molecule has 0 aliphatic carbocycles. The molecule has 0 radical (unpaired) electrons. The summed E-state index contributed by atoms with van der Waals surface area (Å²) in [5.74, 6) is -0.772. The van der Waals surface area contributed by atoms with Crippen molar-refractivity contribution in [3.05, 3.63) is 53.6 Å². The Morgan fingerprint density at radius 2 is 1.76 bits per heavy atom. The van der Waals surface area contributed by atoms with Gasteiger partial charge in [-0.05, 0) is 41.5 Å². The van der Waals surface area contributed by atoms with Gasteiger partial charge in [-0.15, -0.1) is 0 Å². The predicted octanol–water partition coefficient (Wildman–Crippen LogP) is 2.42. The van der Waals surface area contributed by atoms with Crippen molar-refractivity contribution in [1.82, 2.24) is 5.32 Å². The lowest BCUT2D eigenvalue weighted by atomic mass is 10.0. The highest BCUT2D eigenvalue weighted by Crippen LogP contribution is 2.27.